The summed E-state index contributed by atoms with van der Waals surface area (Å²) >= 11 is 0. The van der Waals surface area contributed by atoms with Crippen molar-refractivity contribution in [2.24, 2.45) is 5.92 Å². The largest absolute Gasteiger partial charge is 0.506 e. The Bertz CT molecular complexity index is 2150. The van der Waals surface area contributed by atoms with Crippen LogP contribution in [0.2, 0.25) is 0 Å². The van der Waals surface area contributed by atoms with Gasteiger partial charge in [0.25, 0.3) is 0 Å². The summed E-state index contributed by atoms with van der Waals surface area (Å²) in [4.78, 5) is 41.1. The Morgan fingerprint density at radius 3 is 2.39 bits per heavy atom. The van der Waals surface area contributed by atoms with E-state index in [9.17, 15) is 24.6 Å². The Morgan fingerprint density at radius 1 is 0.857 bits per heavy atom. The minimum Gasteiger partial charge on any atom is -0.506 e. The molecule has 1 amide bonds. The summed E-state index contributed by atoms with van der Waals surface area (Å²) in [6, 6.07) is 32.8. The number of rotatable bonds is 17. The van der Waals surface area contributed by atoms with Crippen LogP contribution in [0.4, 0.5) is 4.79 Å². The molecule has 3 aliphatic rings. The smallest absolute Gasteiger partial charge is 0.408 e. The Hall–Kier alpha value is -5.49. The molecule has 0 aliphatic carbocycles. The van der Waals surface area contributed by atoms with E-state index in [2.05, 4.69) is 15.6 Å². The molecule has 0 radical (unpaired) electrons. The summed E-state index contributed by atoms with van der Waals surface area (Å²) < 4.78 is 13.0. The summed E-state index contributed by atoms with van der Waals surface area (Å²) in [7, 11) is 0. The van der Waals surface area contributed by atoms with E-state index in [0.29, 0.717) is 65.4 Å². The third kappa shape index (κ3) is 9.47. The third-order valence-corrected chi connectivity index (χ3v) is 11.3. The fourth-order valence-corrected chi connectivity index (χ4v) is 8.29. The number of piperidine rings is 3. The van der Waals surface area contributed by atoms with Gasteiger partial charge in [0.1, 0.15) is 24.6 Å². The number of pyridine rings is 1. The van der Waals surface area contributed by atoms with Gasteiger partial charge >= 0.3 is 6.09 Å². The molecule has 1 aromatic heterocycles. The van der Waals surface area contributed by atoms with E-state index in [0.717, 1.165) is 61.9 Å². The molecule has 292 valence electrons. The van der Waals surface area contributed by atoms with Gasteiger partial charge in [-0.2, -0.15) is 0 Å². The number of unbranched alkanes of at least 4 members (excludes halogenated alkanes) is 2. The maximum Gasteiger partial charge on any atom is 0.408 e. The summed E-state index contributed by atoms with van der Waals surface area (Å²) in [5, 5.41) is 28.0. The van der Waals surface area contributed by atoms with Crippen molar-refractivity contribution in [1.29, 1.82) is 0 Å². The number of phenols is 1. The molecule has 3 fully saturated rings. The number of hydrogen-bond donors (Lipinski definition) is 5. The Kier molecular flexibility index (Phi) is 12.4. The van der Waals surface area contributed by atoms with Crippen LogP contribution in [0.5, 0.6) is 11.5 Å². The van der Waals surface area contributed by atoms with E-state index in [1.54, 1.807) is 12.1 Å². The van der Waals surface area contributed by atoms with Crippen LogP contribution in [-0.2, 0) is 4.74 Å². The molecule has 3 atom stereocenters. The van der Waals surface area contributed by atoms with Gasteiger partial charge < -0.3 is 39.8 Å². The number of nitrogens with zero attached hydrogens (tertiary/aromatic N) is 1. The zero-order valence-corrected chi connectivity index (χ0v) is 31.6. The SMILES string of the molecule is O=C(NC(c1ccccc1)c1cccc(OCCCCCNC[C@H](O)c2ccc(O)c3[nH]c(=O)ccc23)c1)O[C@H]1C[N+]2(CC(=O)c3ccccc3)CCC1CC2. The number of carbonyl (C=O) groups is 2. The first-order chi connectivity index (χ1) is 27.3. The first kappa shape index (κ1) is 38.8. The molecule has 2 bridgehead atoms. The van der Waals surface area contributed by atoms with Gasteiger partial charge in [-0.15, -0.1) is 0 Å². The number of H-pyrrole nitrogens is 1. The van der Waals surface area contributed by atoms with Crippen LogP contribution in [0.3, 0.4) is 0 Å². The minimum atomic E-state index is -0.800. The summed E-state index contributed by atoms with van der Waals surface area (Å²) in [6.45, 7) is 4.51. The summed E-state index contributed by atoms with van der Waals surface area (Å²) in [6.07, 6.45) is 3.02. The topological polar surface area (TPSA) is 150 Å². The Morgan fingerprint density at radius 2 is 1.61 bits per heavy atom. The average Bonchev–Trinajstić information content (AvgIpc) is 3.22. The fraction of sp³-hybridized carbons (Fsp3) is 0.356. The molecule has 11 heteroatoms. The van der Waals surface area contributed by atoms with Crippen molar-refractivity contribution in [3.05, 3.63) is 142 Å². The fourth-order valence-electron chi connectivity index (χ4n) is 8.29. The van der Waals surface area contributed by atoms with Crippen molar-refractivity contribution < 1.29 is 33.8 Å². The number of phenolic OH excluding ortho intramolecular Hbond substituents is 1. The summed E-state index contributed by atoms with van der Waals surface area (Å²) in [5.74, 6) is 1.11. The predicted molar refractivity (Wildman–Crippen MR) is 215 cm³/mol. The number of nitrogens with one attached hydrogen (secondary N) is 3. The number of aliphatic hydroxyl groups is 1. The second-order valence-electron chi connectivity index (χ2n) is 15.2. The third-order valence-electron chi connectivity index (χ3n) is 11.3. The number of quaternary nitrogens is 1. The molecule has 0 spiro atoms. The molecule has 56 heavy (non-hydrogen) atoms. The lowest BCUT2D eigenvalue weighted by molar-refractivity contribution is -0.938. The van der Waals surface area contributed by atoms with E-state index >= 15 is 0 Å². The lowest BCUT2D eigenvalue weighted by atomic mass is 9.83. The van der Waals surface area contributed by atoms with E-state index < -0.39 is 18.2 Å². The van der Waals surface area contributed by atoms with Gasteiger partial charge in [0.2, 0.25) is 11.3 Å². The molecule has 5 N–H and O–H groups in total. The van der Waals surface area contributed by atoms with Crippen LogP contribution in [0.1, 0.15) is 71.3 Å². The number of hydrogen-bond acceptors (Lipinski definition) is 8. The predicted octanol–water partition coefficient (Wildman–Crippen LogP) is 6.41. The van der Waals surface area contributed by atoms with Crippen molar-refractivity contribution in [1.82, 2.24) is 15.6 Å². The molecule has 1 unspecified atom stereocenters. The Labute approximate surface area is 326 Å². The van der Waals surface area contributed by atoms with Crippen LogP contribution in [0.15, 0.2) is 114 Å². The van der Waals surface area contributed by atoms with E-state index in [-0.39, 0.29) is 23.2 Å². The number of aliphatic hydroxyl groups excluding tert-OH is 1. The van der Waals surface area contributed by atoms with Crippen LogP contribution in [-0.4, -0.2) is 83.5 Å². The second-order valence-corrected chi connectivity index (χ2v) is 15.2. The van der Waals surface area contributed by atoms with Gasteiger partial charge in [0.15, 0.2) is 6.10 Å². The van der Waals surface area contributed by atoms with Crippen LogP contribution in [0, 0.1) is 5.92 Å². The molecule has 3 saturated heterocycles. The maximum atomic E-state index is 13.6. The number of fused-ring (bicyclic) bond motifs is 4. The lowest BCUT2D eigenvalue weighted by Crippen LogP contribution is -2.66. The number of amides is 1. The normalized spacial score (nSPS) is 19.9. The van der Waals surface area contributed by atoms with E-state index in [1.165, 1.54) is 12.1 Å². The molecular formula is C45H51N4O7+. The van der Waals surface area contributed by atoms with Crippen molar-refractivity contribution in [2.75, 3.05) is 45.9 Å². The highest BCUT2D eigenvalue weighted by Crippen LogP contribution is 2.36. The number of carbonyl (C=O) groups excluding carboxylic acids is 2. The van der Waals surface area contributed by atoms with Crippen LogP contribution in [0.25, 0.3) is 10.9 Å². The number of ketones is 1. The zero-order chi connectivity index (χ0) is 38.9. The number of alkyl carbamates (subject to hydrolysis) is 1. The summed E-state index contributed by atoms with van der Waals surface area (Å²) in [5.41, 5.74) is 3.18. The molecule has 11 nitrogen and oxygen atoms in total. The first-order valence-electron chi connectivity index (χ1n) is 19.7. The highest BCUT2D eigenvalue weighted by atomic mass is 16.6. The number of ether oxygens (including phenoxy) is 2. The number of Topliss-reactive ketones (excluding diaryl/α,β-unsaturated/α-hetero) is 1. The van der Waals surface area contributed by atoms with Crippen molar-refractivity contribution in [3.63, 3.8) is 0 Å². The van der Waals surface area contributed by atoms with Crippen LogP contribution >= 0.6 is 0 Å². The molecule has 4 aromatic carbocycles. The van der Waals surface area contributed by atoms with Crippen molar-refractivity contribution in [2.45, 2.75) is 50.4 Å². The van der Waals surface area contributed by atoms with Gasteiger partial charge in [-0.1, -0.05) is 78.9 Å². The molecule has 4 heterocycles. The monoisotopic (exact) mass is 759 g/mol. The highest BCUT2D eigenvalue weighted by molar-refractivity contribution is 5.97. The van der Waals surface area contributed by atoms with Gasteiger partial charge in [-0.25, -0.2) is 4.79 Å². The van der Waals surface area contributed by atoms with E-state index in [1.807, 2.05) is 84.9 Å². The minimum absolute atomic E-state index is 0.0340. The van der Waals surface area contributed by atoms with Gasteiger partial charge in [-0.3, -0.25) is 9.59 Å². The van der Waals surface area contributed by atoms with Crippen LogP contribution < -0.4 is 20.9 Å². The quantitative estimate of drug-likeness (QED) is 0.0415. The molecule has 5 aromatic rings. The standard InChI is InChI=1S/C45H50N4O7/c50-38-19-17-36(37-18-20-42(53)47-44(37)38)39(51)28-46-23-8-3-9-26-55-35-16-10-15-34(27-35)43(33-13-6-2-7-14-33)48-45(54)56-41-30-49(24-21-32(41)22-25-49)29-40(52)31-11-4-1-5-12-31/h1-2,4-7,10-20,27,32,39,41,43,46,51H,3,8-9,21-26,28-30H2,(H2-,47,48,50,53,54)/p+1/t32?,39-,41-,43?,49?/m0/s1. The first-order valence-corrected chi connectivity index (χ1v) is 19.7. The number of benzene rings is 4. The van der Waals surface area contributed by atoms with Gasteiger partial charge in [0.05, 0.1) is 37.4 Å². The lowest BCUT2D eigenvalue weighted by Gasteiger charge is -2.51. The zero-order valence-electron chi connectivity index (χ0n) is 31.6. The molecule has 0 saturated carbocycles. The average molecular weight is 760 g/mol. The van der Waals surface area contributed by atoms with Crippen molar-refractivity contribution in [3.8, 4) is 11.5 Å². The number of aromatic amines is 1. The van der Waals surface area contributed by atoms with E-state index in [4.69, 9.17) is 9.47 Å². The number of aromatic nitrogens is 1. The van der Waals surface area contributed by atoms with Crippen molar-refractivity contribution >= 4 is 22.8 Å². The molecular weight excluding hydrogens is 709 g/mol. The maximum absolute atomic E-state index is 13.6. The van der Waals surface area contributed by atoms with Gasteiger partial charge in [-0.05, 0) is 66.8 Å². The Balaban J connectivity index is 0.885. The number of aromatic hydroxyl groups is 1. The molecule has 3 aliphatic heterocycles. The van der Waals surface area contributed by atoms with Gasteiger partial charge in [0, 0.05) is 42.3 Å². The molecule has 8 rings (SSSR count). The second kappa shape index (κ2) is 18.0. The highest BCUT2D eigenvalue weighted by Gasteiger charge is 2.48.